The van der Waals surface area contributed by atoms with E-state index in [1.165, 1.54) is 12.1 Å². The van der Waals surface area contributed by atoms with Gasteiger partial charge in [-0.25, -0.2) is 12.8 Å². The Balaban J connectivity index is 1.69. The van der Waals surface area contributed by atoms with Gasteiger partial charge < -0.3 is 4.98 Å². The van der Waals surface area contributed by atoms with Gasteiger partial charge in [0, 0.05) is 23.7 Å². The maximum atomic E-state index is 13.5. The first-order valence-corrected chi connectivity index (χ1v) is 12.2. The number of halogens is 1. The van der Waals surface area contributed by atoms with Crippen LogP contribution in [0.4, 0.5) is 4.39 Å². The number of benzene rings is 2. The molecule has 4 aromatic rings. The van der Waals surface area contributed by atoms with Gasteiger partial charge in [0.2, 0.25) is 0 Å². The molecule has 162 valence electrons. The summed E-state index contributed by atoms with van der Waals surface area (Å²) in [5.41, 5.74) is 6.11. The summed E-state index contributed by atoms with van der Waals surface area (Å²) in [6, 6.07) is 17.9. The van der Waals surface area contributed by atoms with Crippen molar-refractivity contribution in [3.05, 3.63) is 84.4 Å². The maximum Gasteiger partial charge on any atom is 0.178 e. The number of H-pyrrole nitrogens is 1. The molecule has 0 radical (unpaired) electrons. The lowest BCUT2D eigenvalue weighted by atomic mass is 9.81. The van der Waals surface area contributed by atoms with Crippen LogP contribution in [0.15, 0.2) is 78.0 Å². The summed E-state index contributed by atoms with van der Waals surface area (Å²) >= 11 is 0. The van der Waals surface area contributed by atoms with E-state index in [9.17, 15) is 12.8 Å². The van der Waals surface area contributed by atoms with Gasteiger partial charge in [0.05, 0.1) is 16.3 Å². The molecule has 0 fully saturated rings. The Bertz CT molecular complexity index is 1410. The van der Waals surface area contributed by atoms with E-state index in [0.29, 0.717) is 11.3 Å². The largest absolute Gasteiger partial charge is 0.354 e. The standard InChI is InChI=1S/C26H23FN2O2S/c1-26(2)11-14-32(30,31)24-8-5-19(15-22(24)26)23-16-21(17-9-12-28-13-10-17)25(29-23)18-3-6-20(27)7-4-18/h3-10,12-13,15-16,29H,11,14H2,1-2H3. The van der Waals surface area contributed by atoms with E-state index in [2.05, 4.69) is 29.9 Å². The molecule has 0 aliphatic carbocycles. The Morgan fingerprint density at radius 3 is 2.31 bits per heavy atom. The van der Waals surface area contributed by atoms with Crippen molar-refractivity contribution in [1.82, 2.24) is 9.97 Å². The third-order valence-electron chi connectivity index (χ3n) is 6.29. The number of rotatable bonds is 3. The summed E-state index contributed by atoms with van der Waals surface area (Å²) in [5, 5.41) is 0. The molecular weight excluding hydrogens is 423 g/mol. The summed E-state index contributed by atoms with van der Waals surface area (Å²) in [5.74, 6) is -0.112. The maximum absolute atomic E-state index is 13.5. The molecule has 1 N–H and O–H groups in total. The monoisotopic (exact) mass is 446 g/mol. The second-order valence-electron chi connectivity index (χ2n) is 8.88. The summed E-state index contributed by atoms with van der Waals surface area (Å²) in [7, 11) is -3.26. The van der Waals surface area contributed by atoms with Gasteiger partial charge in [-0.15, -0.1) is 0 Å². The lowest BCUT2D eigenvalue weighted by molar-refractivity contribution is 0.473. The van der Waals surface area contributed by atoms with Crippen molar-refractivity contribution < 1.29 is 12.8 Å². The van der Waals surface area contributed by atoms with Gasteiger partial charge in [-0.3, -0.25) is 4.98 Å². The molecule has 0 saturated heterocycles. The first-order valence-electron chi connectivity index (χ1n) is 10.5. The van der Waals surface area contributed by atoms with Crippen molar-refractivity contribution in [3.8, 4) is 33.6 Å². The molecule has 2 aromatic heterocycles. The zero-order valence-corrected chi connectivity index (χ0v) is 18.7. The smallest absolute Gasteiger partial charge is 0.178 e. The molecule has 5 rings (SSSR count). The average Bonchev–Trinajstić information content (AvgIpc) is 3.23. The minimum absolute atomic E-state index is 0.176. The number of nitrogens with one attached hydrogen (secondary N) is 1. The van der Waals surface area contributed by atoms with E-state index in [4.69, 9.17) is 0 Å². The Morgan fingerprint density at radius 2 is 1.59 bits per heavy atom. The molecule has 0 saturated carbocycles. The average molecular weight is 447 g/mol. The zero-order chi connectivity index (χ0) is 22.5. The van der Waals surface area contributed by atoms with Crippen LogP contribution in [0.3, 0.4) is 0 Å². The number of pyridine rings is 1. The lowest BCUT2D eigenvalue weighted by Gasteiger charge is -2.32. The highest BCUT2D eigenvalue weighted by molar-refractivity contribution is 7.91. The number of nitrogens with zero attached hydrogens (tertiary/aromatic N) is 1. The summed E-state index contributed by atoms with van der Waals surface area (Å²) < 4.78 is 38.8. The molecule has 0 atom stereocenters. The van der Waals surface area contributed by atoms with Gasteiger partial charge in [0.25, 0.3) is 0 Å². The molecule has 2 aromatic carbocycles. The molecule has 0 spiro atoms. The normalized spacial score (nSPS) is 16.5. The number of sulfone groups is 1. The molecule has 4 nitrogen and oxygen atoms in total. The van der Waals surface area contributed by atoms with Crippen LogP contribution in [0.25, 0.3) is 33.6 Å². The van der Waals surface area contributed by atoms with Crippen LogP contribution < -0.4 is 0 Å². The predicted molar refractivity (Wildman–Crippen MR) is 125 cm³/mol. The fourth-order valence-electron chi connectivity index (χ4n) is 4.35. The van der Waals surface area contributed by atoms with Crippen molar-refractivity contribution in [2.75, 3.05) is 5.75 Å². The zero-order valence-electron chi connectivity index (χ0n) is 17.9. The highest BCUT2D eigenvalue weighted by Crippen LogP contribution is 2.42. The van der Waals surface area contributed by atoms with Crippen LogP contribution in [0.5, 0.6) is 0 Å². The minimum Gasteiger partial charge on any atom is -0.354 e. The van der Waals surface area contributed by atoms with Crippen molar-refractivity contribution in [3.63, 3.8) is 0 Å². The van der Waals surface area contributed by atoms with E-state index in [-0.39, 0.29) is 17.0 Å². The number of hydrogen-bond acceptors (Lipinski definition) is 3. The van der Waals surface area contributed by atoms with Gasteiger partial charge in [-0.2, -0.15) is 0 Å². The van der Waals surface area contributed by atoms with Crippen LogP contribution in [-0.4, -0.2) is 24.1 Å². The third kappa shape index (κ3) is 3.54. The quantitative estimate of drug-likeness (QED) is 0.419. The van der Waals surface area contributed by atoms with Gasteiger partial charge in [0.1, 0.15) is 5.82 Å². The molecule has 32 heavy (non-hydrogen) atoms. The summed E-state index contributed by atoms with van der Waals surface area (Å²) in [4.78, 5) is 8.03. The van der Waals surface area contributed by atoms with Crippen LogP contribution in [0, 0.1) is 5.82 Å². The van der Waals surface area contributed by atoms with Crippen LogP contribution in [-0.2, 0) is 15.3 Å². The summed E-state index contributed by atoms with van der Waals surface area (Å²) in [6.45, 7) is 4.18. The first kappa shape index (κ1) is 20.6. The highest BCUT2D eigenvalue weighted by Gasteiger charge is 2.35. The number of aromatic amines is 1. The van der Waals surface area contributed by atoms with Crippen molar-refractivity contribution in [2.24, 2.45) is 0 Å². The Morgan fingerprint density at radius 1 is 0.906 bits per heavy atom. The minimum atomic E-state index is -3.26. The number of fused-ring (bicyclic) bond motifs is 1. The van der Waals surface area contributed by atoms with Crippen molar-refractivity contribution in [2.45, 2.75) is 30.6 Å². The highest BCUT2D eigenvalue weighted by atomic mass is 32.2. The Hall–Kier alpha value is -3.25. The van der Waals surface area contributed by atoms with Crippen molar-refractivity contribution in [1.29, 1.82) is 0 Å². The van der Waals surface area contributed by atoms with Gasteiger partial charge in [0.15, 0.2) is 9.84 Å². The van der Waals surface area contributed by atoms with Crippen molar-refractivity contribution >= 4 is 9.84 Å². The molecule has 3 heterocycles. The van der Waals surface area contributed by atoms with Gasteiger partial charge >= 0.3 is 0 Å². The fourth-order valence-corrected chi connectivity index (χ4v) is 6.29. The Kier molecular flexibility index (Phi) is 4.78. The molecule has 6 heteroatoms. The number of hydrogen-bond donors (Lipinski definition) is 1. The topological polar surface area (TPSA) is 62.8 Å². The van der Waals surface area contributed by atoms with E-state index in [0.717, 1.165) is 39.2 Å². The first-order chi connectivity index (χ1) is 15.2. The predicted octanol–water partition coefficient (Wildman–Crippen LogP) is 6.00. The van der Waals surface area contributed by atoms with E-state index in [1.54, 1.807) is 30.6 Å². The van der Waals surface area contributed by atoms with E-state index >= 15 is 0 Å². The van der Waals surface area contributed by atoms with E-state index in [1.807, 2.05) is 24.3 Å². The Labute approximate surface area is 187 Å². The van der Waals surface area contributed by atoms with Crippen LogP contribution in [0.2, 0.25) is 0 Å². The molecule has 1 aliphatic rings. The third-order valence-corrected chi connectivity index (χ3v) is 8.06. The van der Waals surface area contributed by atoms with Crippen LogP contribution >= 0.6 is 0 Å². The second-order valence-corrected chi connectivity index (χ2v) is 11.0. The second kappa shape index (κ2) is 7.41. The number of aromatic nitrogens is 2. The van der Waals surface area contributed by atoms with E-state index < -0.39 is 9.84 Å². The SMILES string of the molecule is CC1(C)CCS(=O)(=O)c2ccc(-c3cc(-c4ccncc4)c(-c4ccc(F)cc4)[nH]3)cc21. The summed E-state index contributed by atoms with van der Waals surface area (Å²) in [6.07, 6.45) is 4.07. The van der Waals surface area contributed by atoms with Gasteiger partial charge in [-0.05, 0) is 88.7 Å². The lowest BCUT2D eigenvalue weighted by Crippen LogP contribution is -2.30. The molecule has 1 aliphatic heterocycles. The van der Waals surface area contributed by atoms with Crippen LogP contribution in [0.1, 0.15) is 25.8 Å². The molecule has 0 unspecified atom stereocenters. The molecular formula is C26H23FN2O2S. The molecule has 0 bridgehead atoms. The fraction of sp³-hybridized carbons (Fsp3) is 0.192. The molecule has 0 amide bonds. The van der Waals surface area contributed by atoms with Gasteiger partial charge in [-0.1, -0.05) is 19.9 Å².